The van der Waals surface area contributed by atoms with Gasteiger partial charge in [-0.3, -0.25) is 9.69 Å². The molecule has 2 aliphatic heterocycles. The molecule has 2 saturated heterocycles. The van der Waals surface area contributed by atoms with E-state index in [1.54, 1.807) is 35.5 Å². The van der Waals surface area contributed by atoms with Crippen LogP contribution in [0.15, 0.2) is 29.8 Å². The standard InChI is InChI=1S/C19H22FN3O2S/c1-13-16(26-12-21-13)11-22-8-6-19(7-9-22)17(25-2)18(24)23(19)15-5-3-4-14(20)10-15/h3-5,10,12,17H,6-9,11H2,1-2H3. The summed E-state index contributed by atoms with van der Waals surface area (Å²) < 4.78 is 19.2. The summed E-state index contributed by atoms with van der Waals surface area (Å²) in [6.07, 6.45) is 1.18. The Bertz CT molecular complexity index is 817. The number of methoxy groups -OCH3 is 1. The minimum absolute atomic E-state index is 0.0788. The normalized spacial score (nSPS) is 22.7. The summed E-state index contributed by atoms with van der Waals surface area (Å²) in [5.41, 5.74) is 3.21. The Morgan fingerprint density at radius 2 is 2.15 bits per heavy atom. The van der Waals surface area contributed by atoms with Crippen LogP contribution in [0.2, 0.25) is 0 Å². The fourth-order valence-corrected chi connectivity index (χ4v) is 5.02. The maximum Gasteiger partial charge on any atom is 0.259 e. The Balaban J connectivity index is 1.53. The average molecular weight is 375 g/mol. The van der Waals surface area contributed by atoms with Crippen molar-refractivity contribution in [3.63, 3.8) is 0 Å². The molecule has 3 heterocycles. The zero-order chi connectivity index (χ0) is 18.3. The minimum Gasteiger partial charge on any atom is -0.369 e. The Morgan fingerprint density at radius 1 is 1.38 bits per heavy atom. The number of aryl methyl sites for hydroxylation is 1. The summed E-state index contributed by atoms with van der Waals surface area (Å²) in [4.78, 5) is 22.4. The van der Waals surface area contributed by atoms with Gasteiger partial charge in [-0.15, -0.1) is 11.3 Å². The molecule has 0 N–H and O–H groups in total. The lowest BCUT2D eigenvalue weighted by molar-refractivity contribution is -0.151. The molecule has 0 aliphatic carbocycles. The molecule has 0 radical (unpaired) electrons. The smallest absolute Gasteiger partial charge is 0.259 e. The fraction of sp³-hybridized carbons (Fsp3) is 0.474. The molecule has 1 spiro atoms. The van der Waals surface area contributed by atoms with E-state index in [9.17, 15) is 9.18 Å². The van der Waals surface area contributed by atoms with Crippen LogP contribution in [-0.2, 0) is 16.1 Å². The summed E-state index contributed by atoms with van der Waals surface area (Å²) >= 11 is 1.68. The number of rotatable bonds is 4. The van der Waals surface area contributed by atoms with Crippen LogP contribution in [0, 0.1) is 12.7 Å². The van der Waals surface area contributed by atoms with Gasteiger partial charge < -0.3 is 9.64 Å². The van der Waals surface area contributed by atoms with E-state index in [0.717, 1.165) is 38.2 Å². The summed E-state index contributed by atoms with van der Waals surface area (Å²) in [5, 5.41) is 0. The molecule has 2 aliphatic rings. The monoisotopic (exact) mass is 375 g/mol. The van der Waals surface area contributed by atoms with Crippen LogP contribution in [0.3, 0.4) is 0 Å². The van der Waals surface area contributed by atoms with E-state index in [1.807, 2.05) is 12.4 Å². The number of β-lactam (4-membered cyclic amide) rings is 1. The third-order valence-corrected chi connectivity index (χ3v) is 6.53. The summed E-state index contributed by atoms with van der Waals surface area (Å²) in [6, 6.07) is 6.27. The molecule has 2 fully saturated rings. The molecule has 7 heteroatoms. The van der Waals surface area contributed by atoms with Gasteiger partial charge in [0.05, 0.1) is 16.7 Å². The van der Waals surface area contributed by atoms with Crippen molar-refractivity contribution in [2.45, 2.75) is 38.0 Å². The van der Waals surface area contributed by atoms with Crippen molar-refractivity contribution in [1.29, 1.82) is 0 Å². The van der Waals surface area contributed by atoms with Crippen LogP contribution < -0.4 is 4.90 Å². The van der Waals surface area contributed by atoms with Gasteiger partial charge in [0.25, 0.3) is 5.91 Å². The SMILES string of the molecule is COC1C(=O)N(c2cccc(F)c2)C12CCN(Cc1scnc1C)CC2. The molecule has 0 saturated carbocycles. The molecule has 4 rings (SSSR count). The highest BCUT2D eigenvalue weighted by Crippen LogP contribution is 2.45. The van der Waals surface area contributed by atoms with E-state index in [-0.39, 0.29) is 17.3 Å². The number of carbonyl (C=O) groups is 1. The van der Waals surface area contributed by atoms with E-state index in [4.69, 9.17) is 4.74 Å². The first-order valence-electron chi connectivity index (χ1n) is 8.79. The number of hydrogen-bond donors (Lipinski definition) is 0. The Kier molecular flexibility index (Phi) is 4.54. The number of nitrogens with zero attached hydrogens (tertiary/aromatic N) is 3. The second-order valence-electron chi connectivity index (χ2n) is 7.01. The third kappa shape index (κ3) is 2.74. The first-order chi connectivity index (χ1) is 12.5. The van der Waals surface area contributed by atoms with E-state index >= 15 is 0 Å². The predicted octanol–water partition coefficient (Wildman–Crippen LogP) is 2.99. The number of aromatic nitrogens is 1. The molecular formula is C19H22FN3O2S. The van der Waals surface area contributed by atoms with Gasteiger partial charge in [0.2, 0.25) is 0 Å². The second kappa shape index (κ2) is 6.72. The molecule has 5 nitrogen and oxygen atoms in total. The van der Waals surface area contributed by atoms with Crippen LogP contribution in [0.4, 0.5) is 10.1 Å². The van der Waals surface area contributed by atoms with Gasteiger partial charge >= 0.3 is 0 Å². The highest BCUT2D eigenvalue weighted by molar-refractivity contribution is 7.09. The number of thiazole rings is 1. The first kappa shape index (κ1) is 17.6. The third-order valence-electron chi connectivity index (χ3n) is 5.61. The van der Waals surface area contributed by atoms with E-state index < -0.39 is 6.10 Å². The Hall–Kier alpha value is -1.83. The number of halogens is 1. The van der Waals surface area contributed by atoms with Crippen molar-refractivity contribution in [3.05, 3.63) is 46.2 Å². The number of benzene rings is 1. The fourth-order valence-electron chi connectivity index (χ4n) is 4.20. The van der Waals surface area contributed by atoms with Crippen LogP contribution >= 0.6 is 11.3 Å². The zero-order valence-corrected chi connectivity index (χ0v) is 15.8. The van der Waals surface area contributed by atoms with Crippen LogP contribution in [0.1, 0.15) is 23.4 Å². The topological polar surface area (TPSA) is 45.7 Å². The highest BCUT2D eigenvalue weighted by Gasteiger charge is 2.61. The van der Waals surface area contributed by atoms with Crippen LogP contribution in [0.5, 0.6) is 0 Å². The molecule has 2 aromatic rings. The van der Waals surface area contributed by atoms with Gasteiger partial charge in [-0.2, -0.15) is 0 Å². The number of amides is 1. The van der Waals surface area contributed by atoms with E-state index in [1.165, 1.54) is 17.0 Å². The molecule has 26 heavy (non-hydrogen) atoms. The lowest BCUT2D eigenvalue weighted by Gasteiger charge is -2.59. The molecule has 1 unspecified atom stereocenters. The molecule has 1 aromatic carbocycles. The molecule has 0 bridgehead atoms. The Morgan fingerprint density at radius 3 is 2.77 bits per heavy atom. The largest absolute Gasteiger partial charge is 0.369 e. The van der Waals surface area contributed by atoms with Crippen molar-refractivity contribution >= 4 is 22.9 Å². The molecule has 1 amide bonds. The van der Waals surface area contributed by atoms with Gasteiger partial charge in [-0.25, -0.2) is 9.37 Å². The van der Waals surface area contributed by atoms with Crippen molar-refractivity contribution in [2.75, 3.05) is 25.1 Å². The number of carbonyl (C=O) groups excluding carboxylic acids is 1. The molecule has 138 valence electrons. The lowest BCUT2D eigenvalue weighted by atomic mass is 9.72. The number of piperidine rings is 1. The summed E-state index contributed by atoms with van der Waals surface area (Å²) in [6.45, 7) is 4.67. The van der Waals surface area contributed by atoms with Gasteiger partial charge in [0, 0.05) is 37.3 Å². The summed E-state index contributed by atoms with van der Waals surface area (Å²) in [7, 11) is 1.58. The zero-order valence-electron chi connectivity index (χ0n) is 14.9. The van der Waals surface area contributed by atoms with Gasteiger partial charge in [-0.1, -0.05) is 6.07 Å². The average Bonchev–Trinajstić information content (AvgIpc) is 3.02. The van der Waals surface area contributed by atoms with Gasteiger partial charge in [-0.05, 0) is 38.0 Å². The van der Waals surface area contributed by atoms with Crippen molar-refractivity contribution in [1.82, 2.24) is 9.88 Å². The van der Waals surface area contributed by atoms with Crippen molar-refractivity contribution in [3.8, 4) is 0 Å². The second-order valence-corrected chi connectivity index (χ2v) is 7.95. The van der Waals surface area contributed by atoms with E-state index in [0.29, 0.717) is 5.69 Å². The minimum atomic E-state index is -0.446. The first-order valence-corrected chi connectivity index (χ1v) is 9.67. The number of hydrogen-bond acceptors (Lipinski definition) is 5. The quantitative estimate of drug-likeness (QED) is 0.771. The van der Waals surface area contributed by atoms with Crippen LogP contribution in [0.25, 0.3) is 0 Å². The van der Waals surface area contributed by atoms with Crippen molar-refractivity contribution < 1.29 is 13.9 Å². The van der Waals surface area contributed by atoms with Gasteiger partial charge in [0.1, 0.15) is 5.82 Å². The number of ether oxygens (including phenoxy) is 1. The lowest BCUT2D eigenvalue weighted by Crippen LogP contribution is -2.77. The molecule has 1 atom stereocenters. The van der Waals surface area contributed by atoms with Gasteiger partial charge in [0.15, 0.2) is 6.10 Å². The Labute approximate surface area is 156 Å². The number of anilines is 1. The highest BCUT2D eigenvalue weighted by atomic mass is 32.1. The maximum absolute atomic E-state index is 13.7. The maximum atomic E-state index is 13.7. The predicted molar refractivity (Wildman–Crippen MR) is 98.8 cm³/mol. The van der Waals surface area contributed by atoms with E-state index in [2.05, 4.69) is 9.88 Å². The molecule has 1 aromatic heterocycles. The van der Waals surface area contributed by atoms with Crippen LogP contribution in [-0.4, -0.2) is 47.6 Å². The van der Waals surface area contributed by atoms with Crippen molar-refractivity contribution in [2.24, 2.45) is 0 Å². The summed E-state index contributed by atoms with van der Waals surface area (Å²) in [5.74, 6) is -0.408. The number of likely N-dealkylation sites (tertiary alicyclic amines) is 1. The molecular weight excluding hydrogens is 353 g/mol.